The summed E-state index contributed by atoms with van der Waals surface area (Å²) in [4.78, 5) is 22.2. The Balaban J connectivity index is 1.99. The van der Waals surface area contributed by atoms with Crippen LogP contribution in [0.5, 0.6) is 0 Å². The number of carbonyl (C=O) groups is 2. The van der Waals surface area contributed by atoms with Crippen molar-refractivity contribution in [2.24, 2.45) is 5.73 Å². The van der Waals surface area contributed by atoms with Gasteiger partial charge in [0.25, 0.3) is 0 Å². The fourth-order valence-corrected chi connectivity index (χ4v) is 1.67. The number of nitrogens with one attached hydrogen (secondary N) is 2. The lowest BCUT2D eigenvalue weighted by Crippen LogP contribution is -2.36. The van der Waals surface area contributed by atoms with E-state index in [-0.39, 0.29) is 12.8 Å². The number of H-pyrrole nitrogens is 1. The first-order valence-electron chi connectivity index (χ1n) is 5.77. The molecule has 0 aliphatic heterocycles. The number of nitrogens with two attached hydrogens (primary N) is 1. The van der Waals surface area contributed by atoms with Gasteiger partial charge in [-0.15, -0.1) is 0 Å². The fraction of sp³-hybridized carbons (Fsp3) is 0.250. The van der Waals surface area contributed by atoms with E-state index in [1.54, 1.807) is 24.4 Å². The van der Waals surface area contributed by atoms with Gasteiger partial charge in [-0.3, -0.25) is 14.7 Å². The van der Waals surface area contributed by atoms with Gasteiger partial charge in [-0.25, -0.2) is 0 Å². The Morgan fingerprint density at radius 2 is 2.26 bits per heavy atom. The van der Waals surface area contributed by atoms with Crippen LogP contribution in [0.1, 0.15) is 12.8 Å². The maximum Gasteiger partial charge on any atom is 0.303 e. The van der Waals surface area contributed by atoms with Crippen LogP contribution in [0.25, 0.3) is 10.9 Å². The summed E-state index contributed by atoms with van der Waals surface area (Å²) in [5.74, 6) is -1.37. The topological polar surface area (TPSA) is 121 Å². The van der Waals surface area contributed by atoms with E-state index in [1.807, 2.05) is 0 Å². The van der Waals surface area contributed by atoms with Crippen molar-refractivity contribution in [3.63, 3.8) is 0 Å². The van der Waals surface area contributed by atoms with Crippen molar-refractivity contribution >= 4 is 28.5 Å². The molecule has 0 aliphatic carbocycles. The summed E-state index contributed by atoms with van der Waals surface area (Å²) in [6.45, 7) is 0. The van der Waals surface area contributed by atoms with Crippen LogP contribution in [0.3, 0.4) is 0 Å². The van der Waals surface area contributed by atoms with E-state index in [9.17, 15) is 9.59 Å². The van der Waals surface area contributed by atoms with Crippen LogP contribution in [-0.2, 0) is 9.59 Å². The summed E-state index contributed by atoms with van der Waals surface area (Å²) in [6.07, 6.45) is 1.62. The molecule has 1 atom stereocenters. The maximum absolute atomic E-state index is 11.7. The maximum atomic E-state index is 11.7. The standard InChI is InChI=1S/C12H14N4O3/c13-9(2-4-11(17)18)12(19)15-8-1-3-10-7(5-8)6-14-16-10/h1,3,5-6,9H,2,4,13H2,(H,14,16)(H,15,19)(H,17,18). The number of hydrogen-bond acceptors (Lipinski definition) is 4. The first kappa shape index (κ1) is 13.0. The number of carboxylic acid groups (broad SMARTS) is 1. The quantitative estimate of drug-likeness (QED) is 0.631. The summed E-state index contributed by atoms with van der Waals surface area (Å²) >= 11 is 0. The normalized spacial score (nSPS) is 12.3. The van der Waals surface area contributed by atoms with Gasteiger partial charge in [0.05, 0.1) is 17.8 Å². The lowest BCUT2D eigenvalue weighted by atomic mass is 10.1. The fourth-order valence-electron chi connectivity index (χ4n) is 1.67. The molecule has 0 aliphatic rings. The Labute approximate surface area is 108 Å². The van der Waals surface area contributed by atoms with E-state index in [0.717, 1.165) is 10.9 Å². The molecule has 1 heterocycles. The highest BCUT2D eigenvalue weighted by molar-refractivity contribution is 5.96. The molecule has 2 rings (SSSR count). The predicted molar refractivity (Wildman–Crippen MR) is 69.6 cm³/mol. The Hall–Kier alpha value is -2.41. The Morgan fingerprint density at radius 1 is 1.47 bits per heavy atom. The minimum absolute atomic E-state index is 0.106. The average Bonchev–Trinajstić information content (AvgIpc) is 2.83. The largest absolute Gasteiger partial charge is 0.481 e. The van der Waals surface area contributed by atoms with Gasteiger partial charge in [-0.2, -0.15) is 5.10 Å². The van der Waals surface area contributed by atoms with Crippen molar-refractivity contribution in [2.45, 2.75) is 18.9 Å². The van der Waals surface area contributed by atoms with E-state index in [1.165, 1.54) is 0 Å². The number of aromatic amines is 1. The Morgan fingerprint density at radius 3 is 3.00 bits per heavy atom. The van der Waals surface area contributed by atoms with E-state index >= 15 is 0 Å². The number of nitrogens with zero attached hydrogens (tertiary/aromatic N) is 1. The van der Waals surface area contributed by atoms with Crippen molar-refractivity contribution in [3.8, 4) is 0 Å². The number of carbonyl (C=O) groups excluding carboxylic acids is 1. The number of benzene rings is 1. The first-order valence-corrected chi connectivity index (χ1v) is 5.77. The zero-order chi connectivity index (χ0) is 13.8. The number of anilines is 1. The third-order valence-corrected chi connectivity index (χ3v) is 2.71. The number of fused-ring (bicyclic) bond motifs is 1. The molecule has 7 nitrogen and oxygen atoms in total. The molecule has 2 aromatic rings. The van der Waals surface area contributed by atoms with E-state index in [4.69, 9.17) is 10.8 Å². The summed E-state index contributed by atoms with van der Waals surface area (Å²) < 4.78 is 0. The van der Waals surface area contributed by atoms with Crippen LogP contribution in [-0.4, -0.2) is 33.2 Å². The Bertz CT molecular complexity index is 608. The van der Waals surface area contributed by atoms with E-state index in [2.05, 4.69) is 15.5 Å². The molecule has 5 N–H and O–H groups in total. The van der Waals surface area contributed by atoms with Gasteiger partial charge < -0.3 is 16.2 Å². The monoisotopic (exact) mass is 262 g/mol. The first-order chi connectivity index (χ1) is 9.06. The predicted octanol–water partition coefficient (Wildman–Crippen LogP) is 0.693. The van der Waals surface area contributed by atoms with Gasteiger partial charge in [0, 0.05) is 17.5 Å². The minimum Gasteiger partial charge on any atom is -0.481 e. The minimum atomic E-state index is -0.969. The number of aliphatic carboxylic acids is 1. The van der Waals surface area contributed by atoms with Crippen molar-refractivity contribution < 1.29 is 14.7 Å². The van der Waals surface area contributed by atoms with Gasteiger partial charge >= 0.3 is 5.97 Å². The molecule has 0 fully saturated rings. The molecule has 100 valence electrons. The molecule has 1 amide bonds. The van der Waals surface area contributed by atoms with Crippen LogP contribution in [0.15, 0.2) is 24.4 Å². The van der Waals surface area contributed by atoms with Crippen LogP contribution in [0.2, 0.25) is 0 Å². The SMILES string of the molecule is NC(CCC(=O)O)C(=O)Nc1ccc2[nH]ncc2c1. The molecular formula is C12H14N4O3. The zero-order valence-electron chi connectivity index (χ0n) is 10.1. The van der Waals surface area contributed by atoms with Gasteiger partial charge in [0.1, 0.15) is 0 Å². The molecule has 19 heavy (non-hydrogen) atoms. The van der Waals surface area contributed by atoms with Gasteiger partial charge in [0.15, 0.2) is 0 Å². The third kappa shape index (κ3) is 3.29. The van der Waals surface area contributed by atoms with Crippen molar-refractivity contribution in [1.82, 2.24) is 10.2 Å². The molecule has 0 radical (unpaired) electrons. The lowest BCUT2D eigenvalue weighted by molar-refractivity contribution is -0.137. The second-order valence-electron chi connectivity index (χ2n) is 4.20. The highest BCUT2D eigenvalue weighted by atomic mass is 16.4. The number of aromatic nitrogens is 2. The Kier molecular flexibility index (Phi) is 3.76. The highest BCUT2D eigenvalue weighted by Crippen LogP contribution is 2.16. The molecule has 1 unspecified atom stereocenters. The lowest BCUT2D eigenvalue weighted by Gasteiger charge is -2.11. The number of carboxylic acids is 1. The van der Waals surface area contributed by atoms with Crippen molar-refractivity contribution in [3.05, 3.63) is 24.4 Å². The molecule has 0 spiro atoms. The van der Waals surface area contributed by atoms with Gasteiger partial charge in [-0.05, 0) is 24.6 Å². The summed E-state index contributed by atoms with van der Waals surface area (Å²) in [5, 5.41) is 18.7. The number of rotatable bonds is 5. The second-order valence-corrected chi connectivity index (χ2v) is 4.20. The van der Waals surface area contributed by atoms with Gasteiger partial charge in [0.2, 0.25) is 5.91 Å². The number of hydrogen-bond donors (Lipinski definition) is 4. The van der Waals surface area contributed by atoms with Gasteiger partial charge in [-0.1, -0.05) is 0 Å². The van der Waals surface area contributed by atoms with Crippen LogP contribution >= 0.6 is 0 Å². The zero-order valence-corrected chi connectivity index (χ0v) is 10.1. The van der Waals surface area contributed by atoms with Crippen molar-refractivity contribution in [1.29, 1.82) is 0 Å². The van der Waals surface area contributed by atoms with Crippen molar-refractivity contribution in [2.75, 3.05) is 5.32 Å². The van der Waals surface area contributed by atoms with E-state index in [0.29, 0.717) is 5.69 Å². The van der Waals surface area contributed by atoms with Crippen LogP contribution in [0, 0.1) is 0 Å². The summed E-state index contributed by atoms with van der Waals surface area (Å²) in [5.41, 5.74) is 7.08. The molecule has 7 heteroatoms. The molecular weight excluding hydrogens is 248 g/mol. The molecule has 1 aromatic heterocycles. The van der Waals surface area contributed by atoms with Crippen LogP contribution < -0.4 is 11.1 Å². The smallest absolute Gasteiger partial charge is 0.303 e. The molecule has 0 saturated heterocycles. The third-order valence-electron chi connectivity index (χ3n) is 2.71. The average molecular weight is 262 g/mol. The highest BCUT2D eigenvalue weighted by Gasteiger charge is 2.15. The number of amides is 1. The molecule has 0 saturated carbocycles. The van der Waals surface area contributed by atoms with E-state index < -0.39 is 17.9 Å². The molecule has 0 bridgehead atoms. The summed E-state index contributed by atoms with van der Waals surface area (Å²) in [7, 11) is 0. The van der Waals surface area contributed by atoms with Crippen LogP contribution in [0.4, 0.5) is 5.69 Å². The second kappa shape index (κ2) is 5.49. The molecule has 1 aromatic carbocycles. The summed E-state index contributed by atoms with van der Waals surface area (Å²) in [6, 6.07) is 4.44.